The first-order chi connectivity index (χ1) is 10.2. The van der Waals surface area contributed by atoms with E-state index in [0.717, 1.165) is 9.24 Å². The molecule has 0 unspecified atom stereocenters. The van der Waals surface area contributed by atoms with Crippen LogP contribution in [0.2, 0.25) is 5.02 Å². The van der Waals surface area contributed by atoms with E-state index in [1.807, 2.05) is 6.07 Å². The lowest BCUT2D eigenvalue weighted by Crippen LogP contribution is -1.83. The minimum atomic E-state index is -0.456. The second-order valence-electron chi connectivity index (χ2n) is 3.82. The fraction of sp³-hybridized carbons (Fsp3) is 0. The van der Waals surface area contributed by atoms with Crippen molar-refractivity contribution < 1.29 is 4.39 Å². The Kier molecular flexibility index (Phi) is 3.88. The van der Waals surface area contributed by atoms with Gasteiger partial charge in [-0.05, 0) is 18.2 Å². The molecule has 0 saturated carbocycles. The number of aromatic amines is 1. The highest BCUT2D eigenvalue weighted by Crippen LogP contribution is 2.34. The number of nitrogens with zero attached hydrogens (tertiary/aromatic N) is 4. The highest BCUT2D eigenvalue weighted by molar-refractivity contribution is 8.01. The highest BCUT2D eigenvalue weighted by atomic mass is 35.5. The Labute approximate surface area is 131 Å². The summed E-state index contributed by atoms with van der Waals surface area (Å²) in [6, 6.07) is 6.44. The van der Waals surface area contributed by atoms with E-state index < -0.39 is 5.82 Å². The summed E-state index contributed by atoms with van der Waals surface area (Å²) in [5.41, 5.74) is 1.25. The summed E-state index contributed by atoms with van der Waals surface area (Å²) < 4.78 is 13.8. The fourth-order valence-electron chi connectivity index (χ4n) is 1.54. The van der Waals surface area contributed by atoms with E-state index in [9.17, 15) is 4.39 Å². The maximum Gasteiger partial charge on any atom is 0.165 e. The molecule has 0 fully saturated rings. The minimum Gasteiger partial charge on any atom is -0.247 e. The second-order valence-corrected chi connectivity index (χ2v) is 6.41. The lowest BCUT2D eigenvalue weighted by atomic mass is 10.3. The Morgan fingerprint density at radius 2 is 2.29 bits per heavy atom. The molecule has 2 aromatic heterocycles. The Hall–Kier alpha value is -1.95. The Morgan fingerprint density at radius 1 is 1.43 bits per heavy atom. The summed E-state index contributed by atoms with van der Waals surface area (Å²) in [5, 5.41) is 20.7. The first-order valence-corrected chi connectivity index (χ1v) is 7.64. The predicted molar refractivity (Wildman–Crippen MR) is 77.7 cm³/mol. The normalized spacial score (nSPS) is 10.5. The summed E-state index contributed by atoms with van der Waals surface area (Å²) in [5.74, 6) is -0.456. The van der Waals surface area contributed by atoms with Gasteiger partial charge in [0, 0.05) is 10.3 Å². The van der Waals surface area contributed by atoms with Crippen LogP contribution in [0.4, 0.5) is 4.39 Å². The number of benzene rings is 1. The molecule has 3 aromatic rings. The molecule has 1 N–H and O–H groups in total. The van der Waals surface area contributed by atoms with Crippen molar-refractivity contribution in [3.8, 4) is 17.5 Å². The van der Waals surface area contributed by atoms with Crippen molar-refractivity contribution >= 4 is 34.7 Å². The number of hydrogen-bond donors (Lipinski definition) is 1. The molecule has 0 atom stereocenters. The van der Waals surface area contributed by atoms with Gasteiger partial charge in [0.25, 0.3) is 0 Å². The third-order valence-electron chi connectivity index (χ3n) is 2.48. The monoisotopic (exact) mass is 337 g/mol. The fourth-order valence-corrected chi connectivity index (χ4v) is 3.60. The molecule has 0 saturated heterocycles. The maximum absolute atomic E-state index is 13.1. The molecule has 9 heteroatoms. The number of thiazole rings is 1. The molecule has 0 amide bonds. The van der Waals surface area contributed by atoms with Gasteiger partial charge >= 0.3 is 0 Å². The average Bonchev–Trinajstić information content (AvgIpc) is 3.11. The van der Waals surface area contributed by atoms with Crippen LogP contribution in [0.3, 0.4) is 0 Å². The third kappa shape index (κ3) is 2.90. The number of H-pyrrole nitrogens is 1. The van der Waals surface area contributed by atoms with Crippen molar-refractivity contribution in [2.24, 2.45) is 0 Å². The van der Waals surface area contributed by atoms with Crippen molar-refractivity contribution in [1.29, 1.82) is 5.26 Å². The van der Waals surface area contributed by atoms with Gasteiger partial charge in [-0.2, -0.15) is 5.26 Å². The van der Waals surface area contributed by atoms with Crippen molar-refractivity contribution in [2.75, 3.05) is 0 Å². The number of halogens is 2. The largest absolute Gasteiger partial charge is 0.247 e. The van der Waals surface area contributed by atoms with Gasteiger partial charge < -0.3 is 0 Å². The van der Waals surface area contributed by atoms with E-state index in [1.54, 1.807) is 17.5 Å². The van der Waals surface area contributed by atoms with Gasteiger partial charge in [-0.1, -0.05) is 28.6 Å². The minimum absolute atomic E-state index is 0.0695. The van der Waals surface area contributed by atoms with Crippen LogP contribution in [0.15, 0.2) is 32.8 Å². The Morgan fingerprint density at radius 3 is 3.05 bits per heavy atom. The molecule has 0 aliphatic carbocycles. The van der Waals surface area contributed by atoms with Crippen LogP contribution in [0.1, 0.15) is 5.69 Å². The van der Waals surface area contributed by atoms with Crippen LogP contribution in [-0.4, -0.2) is 20.4 Å². The van der Waals surface area contributed by atoms with Gasteiger partial charge in [0.2, 0.25) is 0 Å². The van der Waals surface area contributed by atoms with E-state index in [2.05, 4.69) is 20.4 Å². The van der Waals surface area contributed by atoms with Crippen LogP contribution < -0.4 is 0 Å². The second kappa shape index (κ2) is 5.81. The zero-order valence-electron chi connectivity index (χ0n) is 10.2. The number of nitriles is 1. The molecule has 0 aliphatic rings. The first-order valence-electron chi connectivity index (χ1n) is 5.57. The summed E-state index contributed by atoms with van der Waals surface area (Å²) in [6.45, 7) is 0. The molecule has 5 nitrogen and oxygen atoms in total. The molecule has 3 rings (SSSR count). The van der Waals surface area contributed by atoms with E-state index in [4.69, 9.17) is 16.9 Å². The summed E-state index contributed by atoms with van der Waals surface area (Å²) >= 11 is 8.50. The van der Waals surface area contributed by atoms with Gasteiger partial charge in [0.1, 0.15) is 23.3 Å². The summed E-state index contributed by atoms with van der Waals surface area (Å²) in [4.78, 5) is 5.16. The van der Waals surface area contributed by atoms with Crippen molar-refractivity contribution in [2.45, 2.75) is 9.24 Å². The molecule has 104 valence electrons. The topological polar surface area (TPSA) is 78.2 Å². The number of hydrogen-bond acceptors (Lipinski definition) is 6. The van der Waals surface area contributed by atoms with Gasteiger partial charge in [-0.3, -0.25) is 0 Å². The Balaban J connectivity index is 1.85. The van der Waals surface area contributed by atoms with E-state index >= 15 is 0 Å². The molecular formula is C12H5ClFN5S2. The third-order valence-corrected chi connectivity index (χ3v) is 4.70. The predicted octanol–water partition coefficient (Wildman–Crippen LogP) is 3.74. The van der Waals surface area contributed by atoms with Crippen LogP contribution in [-0.2, 0) is 0 Å². The molecule has 0 spiro atoms. The molecule has 0 radical (unpaired) electrons. The van der Waals surface area contributed by atoms with E-state index in [1.165, 1.54) is 29.2 Å². The standard InChI is InChI=1S/C12H5ClFN5S2/c13-7-3-6(1-2-8(7)14)21-12-16-10(5-20-12)11-9(4-15)17-19-18-11/h1-3,5H,(H,17,18,19). The van der Waals surface area contributed by atoms with Crippen molar-refractivity contribution in [3.05, 3.63) is 40.1 Å². The van der Waals surface area contributed by atoms with Crippen molar-refractivity contribution in [3.63, 3.8) is 0 Å². The molecule has 1 aromatic carbocycles. The molecular weight excluding hydrogens is 333 g/mol. The molecule has 21 heavy (non-hydrogen) atoms. The smallest absolute Gasteiger partial charge is 0.165 e. The number of nitrogens with one attached hydrogen (secondary N) is 1. The molecule has 0 aliphatic heterocycles. The zero-order chi connectivity index (χ0) is 14.8. The zero-order valence-corrected chi connectivity index (χ0v) is 12.6. The summed E-state index contributed by atoms with van der Waals surface area (Å²) in [7, 11) is 0. The van der Waals surface area contributed by atoms with Crippen LogP contribution in [0, 0.1) is 17.1 Å². The first kappa shape index (κ1) is 14.0. The summed E-state index contributed by atoms with van der Waals surface area (Å²) in [6.07, 6.45) is 0. The van der Waals surface area contributed by atoms with E-state index in [0.29, 0.717) is 11.4 Å². The van der Waals surface area contributed by atoms with Crippen LogP contribution >= 0.6 is 34.7 Å². The maximum atomic E-state index is 13.1. The van der Waals surface area contributed by atoms with Crippen LogP contribution in [0.25, 0.3) is 11.4 Å². The SMILES string of the molecule is N#Cc1[nH]nnc1-c1csc(Sc2ccc(F)c(Cl)c2)n1. The van der Waals surface area contributed by atoms with E-state index in [-0.39, 0.29) is 10.7 Å². The quantitative estimate of drug-likeness (QED) is 0.787. The Bertz CT molecular complexity index is 838. The molecule has 0 bridgehead atoms. The van der Waals surface area contributed by atoms with Gasteiger partial charge in [0.05, 0.1) is 5.02 Å². The number of rotatable bonds is 3. The van der Waals surface area contributed by atoms with Crippen LogP contribution in [0.5, 0.6) is 0 Å². The lowest BCUT2D eigenvalue weighted by molar-refractivity contribution is 0.627. The number of aromatic nitrogens is 4. The van der Waals surface area contributed by atoms with Gasteiger partial charge in [-0.15, -0.1) is 16.4 Å². The average molecular weight is 338 g/mol. The lowest BCUT2D eigenvalue weighted by Gasteiger charge is -1.99. The highest BCUT2D eigenvalue weighted by Gasteiger charge is 2.14. The van der Waals surface area contributed by atoms with Gasteiger partial charge in [0.15, 0.2) is 10.0 Å². The van der Waals surface area contributed by atoms with Crippen molar-refractivity contribution in [1.82, 2.24) is 20.4 Å². The molecule has 2 heterocycles. The van der Waals surface area contributed by atoms with Gasteiger partial charge in [-0.25, -0.2) is 14.5 Å².